The summed E-state index contributed by atoms with van der Waals surface area (Å²) < 4.78 is 5.67. The molecule has 1 aliphatic carbocycles. The third-order valence-electron chi connectivity index (χ3n) is 4.72. The second-order valence-corrected chi connectivity index (χ2v) is 6.31. The summed E-state index contributed by atoms with van der Waals surface area (Å²) in [7, 11) is 0. The minimum absolute atomic E-state index is 0.00113. The van der Waals surface area contributed by atoms with Gasteiger partial charge >= 0.3 is 0 Å². The lowest BCUT2D eigenvalue weighted by Gasteiger charge is -2.36. The van der Waals surface area contributed by atoms with Crippen LogP contribution in [0.1, 0.15) is 18.4 Å². The fourth-order valence-corrected chi connectivity index (χ4v) is 3.32. The summed E-state index contributed by atoms with van der Waals surface area (Å²) in [6, 6.07) is 3.80. The Morgan fingerprint density at radius 1 is 1.27 bits per heavy atom. The van der Waals surface area contributed by atoms with Crippen LogP contribution in [0.2, 0.25) is 0 Å². The third-order valence-corrected chi connectivity index (χ3v) is 4.72. The van der Waals surface area contributed by atoms with Gasteiger partial charge in [0.15, 0.2) is 0 Å². The maximum atomic E-state index is 12.3. The number of pyridine rings is 1. The van der Waals surface area contributed by atoms with Gasteiger partial charge in [-0.15, -0.1) is 0 Å². The van der Waals surface area contributed by atoms with Gasteiger partial charge in [0.1, 0.15) is 6.61 Å². The van der Waals surface area contributed by atoms with Gasteiger partial charge in [-0.3, -0.25) is 14.6 Å². The van der Waals surface area contributed by atoms with Crippen LogP contribution in [0.3, 0.4) is 0 Å². The van der Waals surface area contributed by atoms with Gasteiger partial charge in [-0.1, -0.05) is 0 Å². The molecule has 116 valence electrons. The predicted molar refractivity (Wildman–Crippen MR) is 77.6 cm³/mol. The number of carbonyl (C=O) groups excluding carboxylic acids is 2. The molecule has 6 heteroatoms. The van der Waals surface area contributed by atoms with Gasteiger partial charge in [-0.2, -0.15) is 0 Å². The molecule has 4 rings (SSSR count). The first kappa shape index (κ1) is 13.7. The van der Waals surface area contributed by atoms with Crippen molar-refractivity contribution in [1.29, 1.82) is 0 Å². The van der Waals surface area contributed by atoms with E-state index in [1.165, 1.54) is 0 Å². The van der Waals surface area contributed by atoms with Crippen molar-refractivity contribution in [2.24, 2.45) is 5.92 Å². The lowest BCUT2D eigenvalue weighted by Crippen LogP contribution is -2.53. The van der Waals surface area contributed by atoms with Gasteiger partial charge in [-0.25, -0.2) is 0 Å². The largest absolute Gasteiger partial charge is 0.364 e. The number of hydrogen-bond acceptors (Lipinski definition) is 4. The van der Waals surface area contributed by atoms with E-state index in [-0.39, 0.29) is 36.5 Å². The molecule has 1 aromatic heterocycles. The molecule has 3 fully saturated rings. The van der Waals surface area contributed by atoms with Gasteiger partial charge in [0.05, 0.1) is 12.1 Å². The molecule has 0 bridgehead atoms. The zero-order chi connectivity index (χ0) is 15.1. The van der Waals surface area contributed by atoms with Crippen LogP contribution in [0.25, 0.3) is 0 Å². The number of amides is 2. The molecule has 2 unspecified atom stereocenters. The van der Waals surface area contributed by atoms with Gasteiger partial charge in [-0.05, 0) is 30.5 Å². The molecular formula is C16H19N3O3. The van der Waals surface area contributed by atoms with Crippen LogP contribution in [0.5, 0.6) is 0 Å². The van der Waals surface area contributed by atoms with Crippen molar-refractivity contribution in [3.63, 3.8) is 0 Å². The van der Waals surface area contributed by atoms with E-state index in [2.05, 4.69) is 4.98 Å². The second kappa shape index (κ2) is 5.35. The zero-order valence-corrected chi connectivity index (χ0v) is 12.4. The summed E-state index contributed by atoms with van der Waals surface area (Å²) in [5, 5.41) is 0. The molecule has 2 saturated heterocycles. The van der Waals surface area contributed by atoms with E-state index < -0.39 is 0 Å². The Balaban J connectivity index is 1.50. The molecule has 1 saturated carbocycles. The van der Waals surface area contributed by atoms with E-state index >= 15 is 0 Å². The van der Waals surface area contributed by atoms with E-state index in [9.17, 15) is 9.59 Å². The summed E-state index contributed by atoms with van der Waals surface area (Å²) in [4.78, 5) is 32.3. The summed E-state index contributed by atoms with van der Waals surface area (Å²) in [5.41, 5.74) is 1.05. The molecule has 1 aromatic rings. The summed E-state index contributed by atoms with van der Waals surface area (Å²) >= 11 is 0. The Kier molecular flexibility index (Phi) is 3.33. The maximum Gasteiger partial charge on any atom is 0.249 e. The van der Waals surface area contributed by atoms with Crippen molar-refractivity contribution < 1.29 is 14.3 Å². The molecule has 0 aromatic carbocycles. The van der Waals surface area contributed by atoms with E-state index in [1.54, 1.807) is 12.4 Å². The number of ether oxygens (including phenoxy) is 1. The predicted octanol–water partition coefficient (Wildman–Crippen LogP) is 0.430. The van der Waals surface area contributed by atoms with Crippen LogP contribution in [0, 0.1) is 5.92 Å². The number of likely N-dealkylation sites (tertiary alicyclic amines) is 1. The SMILES string of the molecule is O=C(C1CC1)N1CC2OCC(=O)N(Cc3ccncc3)C2C1. The van der Waals surface area contributed by atoms with Crippen LogP contribution in [0.15, 0.2) is 24.5 Å². The highest BCUT2D eigenvalue weighted by Crippen LogP contribution is 2.34. The molecule has 2 amide bonds. The molecule has 22 heavy (non-hydrogen) atoms. The average Bonchev–Trinajstić information content (AvgIpc) is 3.29. The Bertz CT molecular complexity index is 588. The van der Waals surface area contributed by atoms with Crippen molar-refractivity contribution in [1.82, 2.24) is 14.8 Å². The number of morpholine rings is 1. The molecule has 3 aliphatic rings. The van der Waals surface area contributed by atoms with E-state index in [4.69, 9.17) is 4.74 Å². The molecule has 3 heterocycles. The molecule has 0 N–H and O–H groups in total. The highest BCUT2D eigenvalue weighted by molar-refractivity contribution is 5.82. The fraction of sp³-hybridized carbons (Fsp3) is 0.562. The lowest BCUT2D eigenvalue weighted by atomic mass is 10.1. The van der Waals surface area contributed by atoms with Gasteiger partial charge in [0, 0.05) is 37.9 Å². The molecule has 0 radical (unpaired) electrons. The number of hydrogen-bond donors (Lipinski definition) is 0. The van der Waals surface area contributed by atoms with Crippen molar-refractivity contribution in [2.75, 3.05) is 19.7 Å². The van der Waals surface area contributed by atoms with Crippen molar-refractivity contribution >= 4 is 11.8 Å². The Morgan fingerprint density at radius 3 is 2.77 bits per heavy atom. The van der Waals surface area contributed by atoms with Crippen LogP contribution in [-0.4, -0.2) is 58.4 Å². The first-order chi connectivity index (χ1) is 10.7. The fourth-order valence-electron chi connectivity index (χ4n) is 3.32. The van der Waals surface area contributed by atoms with Crippen molar-refractivity contribution in [3.05, 3.63) is 30.1 Å². The Morgan fingerprint density at radius 2 is 2.05 bits per heavy atom. The van der Waals surface area contributed by atoms with Crippen LogP contribution in [0.4, 0.5) is 0 Å². The summed E-state index contributed by atoms with van der Waals surface area (Å²) in [6.45, 7) is 1.87. The van der Waals surface area contributed by atoms with Gasteiger partial charge < -0.3 is 14.5 Å². The molecule has 2 atom stereocenters. The third kappa shape index (κ3) is 2.47. The van der Waals surface area contributed by atoms with Gasteiger partial charge in [0.2, 0.25) is 11.8 Å². The summed E-state index contributed by atoms with van der Waals surface area (Å²) in [5.74, 6) is 0.442. The number of fused-ring (bicyclic) bond motifs is 1. The Labute approximate surface area is 129 Å². The number of aromatic nitrogens is 1. The van der Waals surface area contributed by atoms with Crippen LogP contribution >= 0.6 is 0 Å². The first-order valence-corrected chi connectivity index (χ1v) is 7.81. The zero-order valence-electron chi connectivity index (χ0n) is 12.4. The van der Waals surface area contributed by atoms with E-state index in [1.807, 2.05) is 21.9 Å². The Hall–Kier alpha value is -1.95. The maximum absolute atomic E-state index is 12.3. The molecule has 0 spiro atoms. The lowest BCUT2D eigenvalue weighted by molar-refractivity contribution is -0.153. The minimum Gasteiger partial charge on any atom is -0.364 e. The minimum atomic E-state index is -0.0535. The number of nitrogens with zero attached hydrogens (tertiary/aromatic N) is 3. The second-order valence-electron chi connectivity index (χ2n) is 6.31. The smallest absolute Gasteiger partial charge is 0.249 e. The standard InChI is InChI=1S/C16H19N3O3/c20-15-10-22-14-9-18(16(21)12-1-2-12)8-13(14)19(15)7-11-3-5-17-6-4-11/h3-6,12-14H,1-2,7-10H2. The number of rotatable bonds is 3. The average molecular weight is 301 g/mol. The highest BCUT2D eigenvalue weighted by Gasteiger charge is 2.46. The topological polar surface area (TPSA) is 62.7 Å². The monoisotopic (exact) mass is 301 g/mol. The first-order valence-electron chi connectivity index (χ1n) is 7.81. The van der Waals surface area contributed by atoms with E-state index in [0.29, 0.717) is 19.6 Å². The normalized spacial score (nSPS) is 27.9. The highest BCUT2D eigenvalue weighted by atomic mass is 16.5. The van der Waals surface area contributed by atoms with Crippen molar-refractivity contribution in [2.45, 2.75) is 31.5 Å². The summed E-state index contributed by atoms with van der Waals surface area (Å²) in [6.07, 6.45) is 5.42. The quantitative estimate of drug-likeness (QED) is 0.812. The molecule has 6 nitrogen and oxygen atoms in total. The van der Waals surface area contributed by atoms with E-state index in [0.717, 1.165) is 18.4 Å². The van der Waals surface area contributed by atoms with Crippen LogP contribution < -0.4 is 0 Å². The number of carbonyl (C=O) groups is 2. The molecular weight excluding hydrogens is 282 g/mol. The van der Waals surface area contributed by atoms with Crippen LogP contribution in [-0.2, 0) is 20.9 Å². The van der Waals surface area contributed by atoms with Crippen molar-refractivity contribution in [3.8, 4) is 0 Å². The van der Waals surface area contributed by atoms with Gasteiger partial charge in [0.25, 0.3) is 0 Å². The molecule has 2 aliphatic heterocycles.